The van der Waals surface area contributed by atoms with Crippen LogP contribution in [0.25, 0.3) is 44.3 Å². The van der Waals surface area contributed by atoms with Crippen molar-refractivity contribution < 1.29 is 9.59 Å². The van der Waals surface area contributed by atoms with E-state index < -0.39 is 11.8 Å². The van der Waals surface area contributed by atoms with Gasteiger partial charge in [0.1, 0.15) is 0 Å². The van der Waals surface area contributed by atoms with Crippen molar-refractivity contribution >= 4 is 45.0 Å². The molecule has 0 radical (unpaired) electrons. The van der Waals surface area contributed by atoms with Crippen molar-refractivity contribution in [2.24, 2.45) is 11.5 Å². The van der Waals surface area contributed by atoms with Gasteiger partial charge < -0.3 is 31.2 Å². The fourth-order valence-corrected chi connectivity index (χ4v) is 8.37. The molecule has 0 atom stereocenters. The number of unbranched alkanes of at least 4 members (excludes halogenated alkanes) is 1. The minimum Gasteiger partial charge on any atom is -0.369 e. The second-order valence-electron chi connectivity index (χ2n) is 15.7. The lowest BCUT2D eigenvalue weighted by Gasteiger charge is -2.36. The summed E-state index contributed by atoms with van der Waals surface area (Å²) in [7, 11) is 0. The highest BCUT2D eigenvalue weighted by Crippen LogP contribution is 2.30. The molecule has 2 amide bonds. The number of amides is 2. The Kier molecular flexibility index (Phi) is 12.1. The van der Waals surface area contributed by atoms with E-state index in [1.807, 2.05) is 36.4 Å². The maximum atomic E-state index is 11.7. The molecule has 10 nitrogen and oxygen atoms in total. The number of carbonyl (C=O) groups is 2. The molecule has 0 aliphatic carbocycles. The summed E-state index contributed by atoms with van der Waals surface area (Å²) in [6.45, 7) is 13.1. The van der Waals surface area contributed by atoms with E-state index in [1.165, 1.54) is 36.3 Å². The number of carbonyl (C=O) groups excluding carboxylic acids is 2. The van der Waals surface area contributed by atoms with Gasteiger partial charge in [-0.05, 0) is 90.3 Å². The van der Waals surface area contributed by atoms with Crippen LogP contribution < -0.4 is 21.3 Å². The van der Waals surface area contributed by atoms with Gasteiger partial charge in [-0.25, -0.2) is 0 Å². The number of piperazine rings is 2. The predicted molar refractivity (Wildman–Crippen MR) is 242 cm³/mol. The number of nitrogens with zero attached hydrogens (tertiary/aromatic N) is 4. The normalized spacial score (nSPS) is 15.0. The lowest BCUT2D eigenvalue weighted by atomic mass is 10.1. The number of rotatable bonds is 11. The molecule has 5 aromatic carbocycles. The Bertz CT molecular complexity index is 2490. The zero-order chi connectivity index (χ0) is 40.7. The summed E-state index contributed by atoms with van der Waals surface area (Å²) >= 11 is 0. The van der Waals surface area contributed by atoms with Crippen LogP contribution in [0.3, 0.4) is 0 Å². The third-order valence-corrected chi connectivity index (χ3v) is 11.8. The van der Waals surface area contributed by atoms with E-state index in [2.05, 4.69) is 115 Å². The first-order chi connectivity index (χ1) is 28.8. The van der Waals surface area contributed by atoms with Gasteiger partial charge in [0.25, 0.3) is 0 Å². The molecule has 0 spiro atoms. The fourth-order valence-electron chi connectivity index (χ4n) is 8.37. The standard InChI is InChI=1S/C26H26N4O.C23H28N4O/c27-26(31)22-7-4-8-24-23(22)17-25(28-24)20-9-11-21(12-10-20)30-15-13-29(14-16-30)18-19-5-2-1-3-6-19;1-2-3-11-26-12-14-27(15-13-26)18-9-7-17(8-10-18)22-16-20-19(23(24)28)5-4-6-21(20)25-22/h1-12,17,28H,13-16,18H2,(H2,27,31);4-10,16,25H,2-3,11-15H2,1H3,(H2,24,28). The molecule has 0 bridgehead atoms. The molecule has 2 aliphatic rings. The molecule has 0 saturated carbocycles. The molecule has 2 saturated heterocycles. The smallest absolute Gasteiger partial charge is 0.249 e. The average Bonchev–Trinajstić information content (AvgIpc) is 3.92. The molecule has 2 aliphatic heterocycles. The van der Waals surface area contributed by atoms with Gasteiger partial charge in [-0.2, -0.15) is 0 Å². The second-order valence-corrected chi connectivity index (χ2v) is 15.7. The van der Waals surface area contributed by atoms with Crippen molar-refractivity contribution in [2.75, 3.05) is 68.7 Å². The number of anilines is 2. The number of aromatic nitrogens is 2. The highest BCUT2D eigenvalue weighted by Gasteiger charge is 2.19. The first-order valence-electron chi connectivity index (χ1n) is 20.9. The second kappa shape index (κ2) is 18.1. The van der Waals surface area contributed by atoms with E-state index in [-0.39, 0.29) is 0 Å². The Balaban J connectivity index is 0.000000165. The van der Waals surface area contributed by atoms with Crippen molar-refractivity contribution in [3.63, 3.8) is 0 Å². The highest BCUT2D eigenvalue weighted by molar-refractivity contribution is 6.07. The van der Waals surface area contributed by atoms with Gasteiger partial charge in [0.2, 0.25) is 11.8 Å². The number of hydrogen-bond acceptors (Lipinski definition) is 6. The highest BCUT2D eigenvalue weighted by atomic mass is 16.1. The lowest BCUT2D eigenvalue weighted by molar-refractivity contribution is 0.0993. The molecule has 2 fully saturated rings. The number of primary amides is 2. The molecular formula is C49H54N8O2. The average molecular weight is 787 g/mol. The lowest BCUT2D eigenvalue weighted by Crippen LogP contribution is -2.46. The van der Waals surface area contributed by atoms with E-state index in [1.54, 1.807) is 12.1 Å². The van der Waals surface area contributed by atoms with Crippen LogP contribution in [-0.2, 0) is 6.54 Å². The number of benzene rings is 5. The van der Waals surface area contributed by atoms with Gasteiger partial charge in [0, 0.05) is 115 Å². The maximum Gasteiger partial charge on any atom is 0.249 e. The molecule has 9 rings (SSSR count). The number of fused-ring (bicyclic) bond motifs is 2. The van der Waals surface area contributed by atoms with Crippen LogP contribution in [0.5, 0.6) is 0 Å². The van der Waals surface area contributed by atoms with Crippen molar-refractivity contribution in [1.82, 2.24) is 19.8 Å². The summed E-state index contributed by atoms with van der Waals surface area (Å²) in [5.74, 6) is -0.803. The van der Waals surface area contributed by atoms with Crippen LogP contribution in [0.2, 0.25) is 0 Å². The Morgan fingerprint density at radius 1 is 0.542 bits per heavy atom. The monoisotopic (exact) mass is 786 g/mol. The molecule has 302 valence electrons. The summed E-state index contributed by atoms with van der Waals surface area (Å²) in [4.78, 5) is 40.2. The largest absolute Gasteiger partial charge is 0.369 e. The summed E-state index contributed by atoms with van der Waals surface area (Å²) in [6.07, 6.45) is 2.55. The Labute approximate surface area is 346 Å². The van der Waals surface area contributed by atoms with Crippen molar-refractivity contribution in [2.45, 2.75) is 26.3 Å². The topological polar surface area (TPSA) is 131 Å². The zero-order valence-corrected chi connectivity index (χ0v) is 33.9. The van der Waals surface area contributed by atoms with Gasteiger partial charge in [-0.3, -0.25) is 19.4 Å². The van der Waals surface area contributed by atoms with Crippen molar-refractivity contribution in [3.05, 3.63) is 144 Å². The SMILES string of the molecule is CCCCN1CCN(c2ccc(-c3cc4c(C(N)=O)cccc4[nH]3)cc2)CC1.NC(=O)c1cccc2[nH]c(-c3ccc(N4CCN(Cc5ccccc5)CC4)cc3)cc12. The molecule has 59 heavy (non-hydrogen) atoms. The third kappa shape index (κ3) is 9.19. The molecule has 10 heteroatoms. The summed E-state index contributed by atoms with van der Waals surface area (Å²) in [6, 6.07) is 43.2. The Hall–Kier alpha value is -6.36. The van der Waals surface area contributed by atoms with E-state index in [4.69, 9.17) is 11.5 Å². The van der Waals surface area contributed by atoms with Crippen LogP contribution in [0.1, 0.15) is 46.0 Å². The van der Waals surface area contributed by atoms with E-state index >= 15 is 0 Å². The number of H-pyrrole nitrogens is 2. The maximum absolute atomic E-state index is 11.7. The summed E-state index contributed by atoms with van der Waals surface area (Å²) in [5, 5.41) is 1.74. The first kappa shape index (κ1) is 39.5. The van der Waals surface area contributed by atoms with Gasteiger partial charge in [0.05, 0.1) is 0 Å². The number of aromatic amines is 2. The van der Waals surface area contributed by atoms with Gasteiger partial charge in [0.15, 0.2) is 0 Å². The zero-order valence-electron chi connectivity index (χ0n) is 33.9. The molecule has 4 heterocycles. The van der Waals surface area contributed by atoms with Crippen LogP contribution >= 0.6 is 0 Å². The molecule has 0 unspecified atom stereocenters. The van der Waals surface area contributed by atoms with E-state index in [0.717, 1.165) is 103 Å². The van der Waals surface area contributed by atoms with E-state index in [0.29, 0.717) is 11.1 Å². The van der Waals surface area contributed by atoms with Crippen LogP contribution in [-0.4, -0.2) is 90.5 Å². The van der Waals surface area contributed by atoms with Gasteiger partial charge in [-0.1, -0.05) is 80.1 Å². The van der Waals surface area contributed by atoms with Crippen molar-refractivity contribution in [1.29, 1.82) is 0 Å². The number of hydrogen-bond donors (Lipinski definition) is 4. The van der Waals surface area contributed by atoms with Gasteiger partial charge in [-0.15, -0.1) is 0 Å². The summed E-state index contributed by atoms with van der Waals surface area (Å²) < 4.78 is 0. The molecular weight excluding hydrogens is 733 g/mol. The predicted octanol–water partition coefficient (Wildman–Crippen LogP) is 8.11. The third-order valence-electron chi connectivity index (χ3n) is 11.8. The molecule has 6 N–H and O–H groups in total. The van der Waals surface area contributed by atoms with Crippen LogP contribution in [0.4, 0.5) is 11.4 Å². The molecule has 7 aromatic rings. The van der Waals surface area contributed by atoms with Gasteiger partial charge >= 0.3 is 0 Å². The Morgan fingerprint density at radius 2 is 1.00 bits per heavy atom. The summed E-state index contributed by atoms with van der Waals surface area (Å²) in [5.41, 5.74) is 22.1. The number of nitrogens with two attached hydrogens (primary N) is 2. The first-order valence-corrected chi connectivity index (χ1v) is 20.9. The van der Waals surface area contributed by atoms with Crippen LogP contribution in [0, 0.1) is 0 Å². The molecule has 2 aromatic heterocycles. The number of nitrogens with one attached hydrogen (secondary N) is 2. The van der Waals surface area contributed by atoms with Crippen LogP contribution in [0.15, 0.2) is 127 Å². The minimum atomic E-state index is -0.405. The minimum absolute atomic E-state index is 0.399. The fraction of sp³-hybridized carbons (Fsp3) is 0.265. The quantitative estimate of drug-likeness (QED) is 0.105. The Morgan fingerprint density at radius 3 is 1.44 bits per heavy atom. The van der Waals surface area contributed by atoms with E-state index in [9.17, 15) is 9.59 Å². The van der Waals surface area contributed by atoms with Crippen molar-refractivity contribution in [3.8, 4) is 22.5 Å².